The maximum atomic E-state index is 12.9. The molecule has 1 saturated carbocycles. The van der Waals surface area contributed by atoms with Crippen LogP contribution in [0.2, 0.25) is 0 Å². The van der Waals surface area contributed by atoms with Crippen LogP contribution < -0.4 is 10.6 Å². The molecule has 1 aromatic rings. The van der Waals surface area contributed by atoms with Crippen molar-refractivity contribution in [3.05, 3.63) is 30.1 Å². The van der Waals surface area contributed by atoms with Crippen molar-refractivity contribution >= 4 is 17.7 Å². The summed E-state index contributed by atoms with van der Waals surface area (Å²) in [4.78, 5) is 5.42. The van der Waals surface area contributed by atoms with Crippen LogP contribution in [0.1, 0.15) is 32.1 Å². The lowest BCUT2D eigenvalue weighted by Gasteiger charge is -2.42. The summed E-state index contributed by atoms with van der Waals surface area (Å²) >= 11 is 1.75. The zero-order chi connectivity index (χ0) is 18.0. The molecule has 1 aliphatic carbocycles. The summed E-state index contributed by atoms with van der Waals surface area (Å²) in [5.41, 5.74) is 0.381. The van der Waals surface area contributed by atoms with Crippen LogP contribution in [-0.4, -0.2) is 45.6 Å². The third kappa shape index (κ3) is 6.86. The van der Waals surface area contributed by atoms with Crippen molar-refractivity contribution in [2.24, 2.45) is 10.4 Å². The number of methoxy groups -OCH3 is 1. The van der Waals surface area contributed by atoms with Crippen LogP contribution in [0.3, 0.4) is 0 Å². The van der Waals surface area contributed by atoms with E-state index in [1.165, 1.54) is 31.4 Å². The molecule has 25 heavy (non-hydrogen) atoms. The number of thioether (sulfide) groups is 1. The predicted molar refractivity (Wildman–Crippen MR) is 104 cm³/mol. The lowest BCUT2D eigenvalue weighted by Crippen LogP contribution is -2.47. The Morgan fingerprint density at radius 1 is 1.28 bits per heavy atom. The van der Waals surface area contributed by atoms with Crippen molar-refractivity contribution in [1.82, 2.24) is 10.6 Å². The van der Waals surface area contributed by atoms with Gasteiger partial charge in [0.2, 0.25) is 0 Å². The van der Waals surface area contributed by atoms with E-state index in [1.807, 2.05) is 19.2 Å². The molecule has 0 bridgehead atoms. The van der Waals surface area contributed by atoms with Gasteiger partial charge in [0.1, 0.15) is 5.82 Å². The van der Waals surface area contributed by atoms with Gasteiger partial charge in [-0.1, -0.05) is 6.42 Å². The van der Waals surface area contributed by atoms with E-state index in [-0.39, 0.29) is 5.82 Å². The Bertz CT molecular complexity index is 532. The molecule has 1 fully saturated rings. The average molecular weight is 368 g/mol. The number of nitrogens with zero attached hydrogens (tertiary/aromatic N) is 1. The molecule has 0 unspecified atom stereocenters. The Labute approximate surface area is 155 Å². The van der Waals surface area contributed by atoms with E-state index >= 15 is 0 Å². The third-order valence-electron chi connectivity index (χ3n) is 4.80. The van der Waals surface area contributed by atoms with E-state index in [9.17, 15) is 4.39 Å². The van der Waals surface area contributed by atoms with E-state index in [2.05, 4.69) is 15.6 Å². The zero-order valence-corrected chi connectivity index (χ0v) is 16.1. The summed E-state index contributed by atoms with van der Waals surface area (Å²) < 4.78 is 18.1. The van der Waals surface area contributed by atoms with Crippen LogP contribution in [-0.2, 0) is 4.74 Å². The van der Waals surface area contributed by atoms with Gasteiger partial charge >= 0.3 is 0 Å². The fourth-order valence-corrected chi connectivity index (χ4v) is 3.86. The molecule has 0 saturated heterocycles. The molecule has 0 atom stereocenters. The highest BCUT2D eigenvalue weighted by Crippen LogP contribution is 2.43. The number of ether oxygens (including phenoxy) is 1. The van der Waals surface area contributed by atoms with E-state index < -0.39 is 0 Å². The van der Waals surface area contributed by atoms with Crippen LogP contribution in [0.25, 0.3) is 0 Å². The highest BCUT2D eigenvalue weighted by molar-refractivity contribution is 7.99. The second-order valence-electron chi connectivity index (χ2n) is 6.60. The number of hydrogen-bond donors (Lipinski definition) is 2. The Balaban J connectivity index is 1.61. The van der Waals surface area contributed by atoms with Crippen molar-refractivity contribution in [2.45, 2.75) is 37.0 Å². The lowest BCUT2D eigenvalue weighted by atomic mass is 9.67. The predicted octanol–water partition coefficient (Wildman–Crippen LogP) is 3.68. The van der Waals surface area contributed by atoms with Crippen molar-refractivity contribution in [2.75, 3.05) is 39.6 Å². The van der Waals surface area contributed by atoms with Crippen LogP contribution in [0.5, 0.6) is 0 Å². The molecule has 2 N–H and O–H groups in total. The second kappa shape index (κ2) is 10.7. The smallest absolute Gasteiger partial charge is 0.190 e. The third-order valence-corrected chi connectivity index (χ3v) is 5.90. The van der Waals surface area contributed by atoms with Crippen LogP contribution in [0.4, 0.5) is 4.39 Å². The van der Waals surface area contributed by atoms with Crippen molar-refractivity contribution in [3.8, 4) is 0 Å². The molecule has 0 radical (unpaired) electrons. The minimum atomic E-state index is -0.185. The Hall–Kier alpha value is -1.27. The molecule has 1 aromatic carbocycles. The van der Waals surface area contributed by atoms with Gasteiger partial charge < -0.3 is 15.4 Å². The van der Waals surface area contributed by atoms with Gasteiger partial charge in [-0.15, -0.1) is 11.8 Å². The molecule has 140 valence electrons. The molecule has 4 nitrogen and oxygen atoms in total. The van der Waals surface area contributed by atoms with Gasteiger partial charge in [0.25, 0.3) is 0 Å². The molecule has 0 heterocycles. The van der Waals surface area contributed by atoms with E-state index in [1.54, 1.807) is 18.9 Å². The fourth-order valence-electron chi connectivity index (χ4n) is 3.00. The Kier molecular flexibility index (Phi) is 8.55. The number of rotatable bonds is 10. The van der Waals surface area contributed by atoms with Crippen molar-refractivity contribution in [3.63, 3.8) is 0 Å². The Morgan fingerprint density at radius 3 is 2.64 bits per heavy atom. The summed E-state index contributed by atoms with van der Waals surface area (Å²) in [7, 11) is 3.58. The second-order valence-corrected chi connectivity index (χ2v) is 7.77. The topological polar surface area (TPSA) is 45.7 Å². The van der Waals surface area contributed by atoms with Crippen LogP contribution in [0.15, 0.2) is 34.2 Å². The van der Waals surface area contributed by atoms with Gasteiger partial charge in [-0.25, -0.2) is 4.39 Å². The van der Waals surface area contributed by atoms with E-state index in [0.717, 1.165) is 49.1 Å². The number of benzene rings is 1. The van der Waals surface area contributed by atoms with Gasteiger partial charge in [-0.2, -0.15) is 0 Å². The van der Waals surface area contributed by atoms with Gasteiger partial charge in [-0.05, 0) is 61.1 Å². The number of hydrogen-bond acceptors (Lipinski definition) is 3. The highest BCUT2D eigenvalue weighted by atomic mass is 32.2. The number of guanidine groups is 1. The fraction of sp³-hybridized carbons (Fsp3) is 0.632. The minimum absolute atomic E-state index is 0.185. The molecule has 2 rings (SSSR count). The lowest BCUT2D eigenvalue weighted by molar-refractivity contribution is 0.0732. The molecular weight excluding hydrogens is 337 g/mol. The van der Waals surface area contributed by atoms with Gasteiger partial charge in [0.05, 0.1) is 0 Å². The average Bonchev–Trinajstić information content (AvgIpc) is 2.60. The maximum absolute atomic E-state index is 12.9. The van der Waals surface area contributed by atoms with Crippen LogP contribution >= 0.6 is 11.8 Å². The zero-order valence-electron chi connectivity index (χ0n) is 15.3. The van der Waals surface area contributed by atoms with Gasteiger partial charge in [0.15, 0.2) is 5.96 Å². The largest absolute Gasteiger partial charge is 0.385 e. The quantitative estimate of drug-likeness (QED) is 0.287. The van der Waals surface area contributed by atoms with Gasteiger partial charge in [0, 0.05) is 38.7 Å². The first-order valence-corrected chi connectivity index (χ1v) is 9.98. The molecule has 6 heteroatoms. The highest BCUT2D eigenvalue weighted by Gasteiger charge is 2.36. The van der Waals surface area contributed by atoms with E-state index in [4.69, 9.17) is 4.74 Å². The molecule has 1 aliphatic rings. The van der Waals surface area contributed by atoms with Crippen LogP contribution in [0, 0.1) is 11.2 Å². The molecule has 0 aromatic heterocycles. The monoisotopic (exact) mass is 367 g/mol. The standard InChI is InChI=1S/C19H30FN3OS/c1-21-18(23-15-19(9-3-10-19)11-13-24-2)22-12-4-14-25-17-7-5-16(20)6-8-17/h5-8H,3-4,9-15H2,1-2H3,(H2,21,22,23). The van der Waals surface area contributed by atoms with Crippen molar-refractivity contribution < 1.29 is 9.13 Å². The SMILES string of the molecule is CN=C(NCCCSc1ccc(F)cc1)NCC1(CCOC)CCC1. The normalized spacial score (nSPS) is 16.4. The number of halogens is 1. The first-order valence-electron chi connectivity index (χ1n) is 8.99. The number of nitrogens with one attached hydrogen (secondary N) is 2. The number of aliphatic imine (C=N–C) groups is 1. The Morgan fingerprint density at radius 2 is 2.04 bits per heavy atom. The van der Waals surface area contributed by atoms with Crippen molar-refractivity contribution in [1.29, 1.82) is 0 Å². The molecular formula is C19H30FN3OS. The maximum Gasteiger partial charge on any atom is 0.190 e. The minimum Gasteiger partial charge on any atom is -0.385 e. The summed E-state index contributed by atoms with van der Waals surface area (Å²) in [5.74, 6) is 1.68. The van der Waals surface area contributed by atoms with E-state index in [0.29, 0.717) is 5.41 Å². The molecule has 0 amide bonds. The van der Waals surface area contributed by atoms with Gasteiger partial charge in [-0.3, -0.25) is 4.99 Å². The summed E-state index contributed by atoms with van der Waals surface area (Å²) in [6, 6.07) is 6.66. The first kappa shape index (κ1) is 20.0. The summed E-state index contributed by atoms with van der Waals surface area (Å²) in [5, 5.41) is 6.85. The molecule has 0 aliphatic heterocycles. The first-order chi connectivity index (χ1) is 12.2. The molecule has 0 spiro atoms. The summed E-state index contributed by atoms with van der Waals surface area (Å²) in [6.45, 7) is 2.66. The summed E-state index contributed by atoms with van der Waals surface area (Å²) in [6.07, 6.45) is 6.00.